The number of hydrogen-bond donors (Lipinski definition) is 0. The standard InChI is InChI=1S/C24H30N6O3/c1-16-27-22(29-24(28-16)31-2)13-17-3-5-19(6-4-17)33-21-15-18(30-9-11-32-12-10-30)14-20-23(21)26-8-7-25-20/h7-8,14-15,17,19H,3-6,9-13H2,1-2H3. The molecule has 9 heteroatoms. The van der Waals surface area contributed by atoms with Crippen LogP contribution >= 0.6 is 0 Å². The predicted octanol–water partition coefficient (Wildman–Crippen LogP) is 3.15. The first-order valence-corrected chi connectivity index (χ1v) is 11.7. The van der Waals surface area contributed by atoms with Crippen LogP contribution in [0.4, 0.5) is 5.69 Å². The topological polar surface area (TPSA) is 95.4 Å². The number of aromatic nitrogens is 5. The van der Waals surface area contributed by atoms with Crippen molar-refractivity contribution >= 4 is 16.7 Å². The zero-order chi connectivity index (χ0) is 22.6. The Balaban J connectivity index is 1.26. The highest BCUT2D eigenvalue weighted by Gasteiger charge is 2.25. The maximum absolute atomic E-state index is 6.53. The molecule has 0 spiro atoms. The van der Waals surface area contributed by atoms with Gasteiger partial charge in [0.25, 0.3) is 0 Å². The van der Waals surface area contributed by atoms with Crippen molar-refractivity contribution in [3.8, 4) is 11.8 Å². The monoisotopic (exact) mass is 450 g/mol. The minimum absolute atomic E-state index is 0.168. The summed E-state index contributed by atoms with van der Waals surface area (Å²) in [6.07, 6.45) is 8.61. The molecule has 33 heavy (non-hydrogen) atoms. The third kappa shape index (κ3) is 5.13. The highest BCUT2D eigenvalue weighted by molar-refractivity contribution is 5.85. The molecule has 174 valence electrons. The summed E-state index contributed by atoms with van der Waals surface area (Å²) in [6, 6.07) is 4.61. The molecule has 0 amide bonds. The van der Waals surface area contributed by atoms with E-state index in [4.69, 9.17) is 14.2 Å². The first-order valence-electron chi connectivity index (χ1n) is 11.7. The van der Waals surface area contributed by atoms with Crippen LogP contribution in [0.5, 0.6) is 11.8 Å². The zero-order valence-corrected chi connectivity index (χ0v) is 19.2. The number of morpholine rings is 1. The lowest BCUT2D eigenvalue weighted by Gasteiger charge is -2.31. The average molecular weight is 451 g/mol. The summed E-state index contributed by atoms with van der Waals surface area (Å²) in [5, 5.41) is 0. The Labute approximate surface area is 193 Å². The fourth-order valence-electron chi connectivity index (χ4n) is 4.71. The maximum Gasteiger partial charge on any atom is 0.319 e. The van der Waals surface area contributed by atoms with E-state index in [9.17, 15) is 0 Å². The molecule has 1 aromatic carbocycles. The molecule has 3 aromatic rings. The van der Waals surface area contributed by atoms with Crippen LogP contribution in [0.25, 0.3) is 11.0 Å². The second-order valence-electron chi connectivity index (χ2n) is 8.72. The molecular formula is C24H30N6O3. The SMILES string of the molecule is COc1nc(C)nc(CC2CCC(Oc3cc(N4CCOCC4)cc4nccnc34)CC2)n1. The zero-order valence-electron chi connectivity index (χ0n) is 19.2. The van der Waals surface area contributed by atoms with Crippen molar-refractivity contribution in [3.05, 3.63) is 36.2 Å². The lowest BCUT2D eigenvalue weighted by atomic mass is 9.85. The lowest BCUT2D eigenvalue weighted by Crippen LogP contribution is -2.36. The number of hydrogen-bond acceptors (Lipinski definition) is 9. The number of anilines is 1. The minimum Gasteiger partial charge on any atom is -0.488 e. The predicted molar refractivity (Wildman–Crippen MR) is 124 cm³/mol. The van der Waals surface area contributed by atoms with Gasteiger partial charge in [-0.1, -0.05) is 0 Å². The van der Waals surface area contributed by atoms with E-state index in [1.807, 2.05) is 6.92 Å². The van der Waals surface area contributed by atoms with Crippen LogP contribution in [0, 0.1) is 12.8 Å². The molecule has 1 saturated heterocycles. The van der Waals surface area contributed by atoms with Crippen molar-refractivity contribution in [1.82, 2.24) is 24.9 Å². The highest BCUT2D eigenvalue weighted by Crippen LogP contribution is 2.34. The Morgan fingerprint density at radius 3 is 2.58 bits per heavy atom. The molecule has 5 rings (SSSR count). The number of fused-ring (bicyclic) bond motifs is 1. The fraction of sp³-hybridized carbons (Fsp3) is 0.542. The summed E-state index contributed by atoms with van der Waals surface area (Å²) >= 11 is 0. The van der Waals surface area contributed by atoms with E-state index in [0.717, 1.165) is 86.7 Å². The van der Waals surface area contributed by atoms with Gasteiger partial charge in [0.05, 0.1) is 31.9 Å². The summed E-state index contributed by atoms with van der Waals surface area (Å²) in [5.74, 6) is 2.86. The molecule has 1 aliphatic carbocycles. The molecular weight excluding hydrogens is 420 g/mol. The van der Waals surface area contributed by atoms with Crippen molar-refractivity contribution in [2.75, 3.05) is 38.3 Å². The number of ether oxygens (including phenoxy) is 3. The summed E-state index contributed by atoms with van der Waals surface area (Å²) in [6.45, 7) is 5.10. The normalized spacial score (nSPS) is 21.2. The van der Waals surface area contributed by atoms with Crippen LogP contribution < -0.4 is 14.4 Å². The quantitative estimate of drug-likeness (QED) is 0.561. The van der Waals surface area contributed by atoms with Gasteiger partial charge >= 0.3 is 6.01 Å². The van der Waals surface area contributed by atoms with Gasteiger partial charge in [0, 0.05) is 43.7 Å². The molecule has 0 bridgehead atoms. The molecule has 0 atom stereocenters. The fourth-order valence-corrected chi connectivity index (χ4v) is 4.71. The smallest absolute Gasteiger partial charge is 0.319 e. The lowest BCUT2D eigenvalue weighted by molar-refractivity contribution is 0.122. The van der Waals surface area contributed by atoms with Crippen molar-refractivity contribution < 1.29 is 14.2 Å². The Kier molecular flexibility index (Phi) is 6.48. The van der Waals surface area contributed by atoms with Crippen molar-refractivity contribution in [3.63, 3.8) is 0 Å². The van der Waals surface area contributed by atoms with Gasteiger partial charge in [0.2, 0.25) is 0 Å². The van der Waals surface area contributed by atoms with Crippen LogP contribution in [-0.2, 0) is 11.2 Å². The third-order valence-electron chi connectivity index (χ3n) is 6.41. The minimum atomic E-state index is 0.168. The molecule has 9 nitrogen and oxygen atoms in total. The van der Waals surface area contributed by atoms with E-state index >= 15 is 0 Å². The first kappa shape index (κ1) is 21.8. The van der Waals surface area contributed by atoms with E-state index in [1.54, 1.807) is 19.5 Å². The van der Waals surface area contributed by atoms with Crippen LogP contribution in [-0.4, -0.2) is 64.4 Å². The van der Waals surface area contributed by atoms with Gasteiger partial charge in [0.1, 0.15) is 22.9 Å². The van der Waals surface area contributed by atoms with Gasteiger partial charge in [0.15, 0.2) is 0 Å². The molecule has 2 aromatic heterocycles. The third-order valence-corrected chi connectivity index (χ3v) is 6.41. The van der Waals surface area contributed by atoms with Gasteiger partial charge in [-0.15, -0.1) is 0 Å². The van der Waals surface area contributed by atoms with Gasteiger partial charge in [-0.05, 0) is 44.6 Å². The van der Waals surface area contributed by atoms with E-state index < -0.39 is 0 Å². The van der Waals surface area contributed by atoms with Crippen molar-refractivity contribution in [2.45, 2.75) is 45.1 Å². The largest absolute Gasteiger partial charge is 0.488 e. The number of nitrogens with zero attached hydrogens (tertiary/aromatic N) is 6. The Morgan fingerprint density at radius 1 is 1.00 bits per heavy atom. The van der Waals surface area contributed by atoms with E-state index in [1.165, 1.54) is 0 Å². The number of aryl methyl sites for hydroxylation is 1. The molecule has 0 unspecified atom stereocenters. The van der Waals surface area contributed by atoms with Gasteiger partial charge in [-0.2, -0.15) is 9.97 Å². The first-order chi connectivity index (χ1) is 16.2. The van der Waals surface area contributed by atoms with Crippen LogP contribution in [0.1, 0.15) is 37.3 Å². The second kappa shape index (κ2) is 9.82. The number of benzene rings is 1. The maximum atomic E-state index is 6.53. The molecule has 0 radical (unpaired) electrons. The van der Waals surface area contributed by atoms with Crippen LogP contribution in [0.3, 0.4) is 0 Å². The molecule has 1 saturated carbocycles. The van der Waals surface area contributed by atoms with Gasteiger partial charge in [-0.3, -0.25) is 4.98 Å². The Bertz CT molecular complexity index is 1100. The Morgan fingerprint density at radius 2 is 1.79 bits per heavy atom. The van der Waals surface area contributed by atoms with E-state index in [0.29, 0.717) is 17.8 Å². The van der Waals surface area contributed by atoms with Crippen LogP contribution in [0.2, 0.25) is 0 Å². The summed E-state index contributed by atoms with van der Waals surface area (Å²) in [5.41, 5.74) is 2.81. The van der Waals surface area contributed by atoms with E-state index in [-0.39, 0.29) is 6.10 Å². The molecule has 3 heterocycles. The molecule has 2 fully saturated rings. The molecule has 0 N–H and O–H groups in total. The summed E-state index contributed by atoms with van der Waals surface area (Å²) < 4.78 is 17.2. The summed E-state index contributed by atoms with van der Waals surface area (Å²) in [4.78, 5) is 24.5. The number of methoxy groups -OCH3 is 1. The van der Waals surface area contributed by atoms with Crippen molar-refractivity contribution in [2.24, 2.45) is 5.92 Å². The van der Waals surface area contributed by atoms with Gasteiger partial charge in [-0.25, -0.2) is 9.97 Å². The van der Waals surface area contributed by atoms with Crippen molar-refractivity contribution in [1.29, 1.82) is 0 Å². The average Bonchev–Trinajstić information content (AvgIpc) is 2.85. The summed E-state index contributed by atoms with van der Waals surface area (Å²) in [7, 11) is 1.59. The number of rotatable bonds is 6. The van der Waals surface area contributed by atoms with Crippen LogP contribution in [0.15, 0.2) is 24.5 Å². The Hall–Kier alpha value is -3.07. The molecule has 1 aliphatic heterocycles. The van der Waals surface area contributed by atoms with E-state index in [2.05, 4.69) is 42.0 Å². The highest BCUT2D eigenvalue weighted by atomic mass is 16.5. The second-order valence-corrected chi connectivity index (χ2v) is 8.72. The van der Waals surface area contributed by atoms with Gasteiger partial charge < -0.3 is 19.1 Å². The molecule has 2 aliphatic rings.